The molecule has 0 amide bonds. The average molecular weight is 167 g/mol. The zero-order chi connectivity index (χ0) is 9.19. The summed E-state index contributed by atoms with van der Waals surface area (Å²) in [5.41, 5.74) is 0.376. The first-order chi connectivity index (χ1) is 5.55. The van der Waals surface area contributed by atoms with Crippen LogP contribution in [0.2, 0.25) is 12.6 Å². The molecule has 2 heteroatoms. The number of hydrogen-bond donors (Lipinski definition) is 0. The molecule has 0 saturated carbocycles. The van der Waals surface area contributed by atoms with E-state index in [0.717, 1.165) is 6.85 Å². The molecule has 1 heterocycles. The standard InChI is InChI=1S/C10H22BN/c1-5-11-8-6-7-9-12(11)10(2,3)4/h5-9H2,1-4H3. The number of rotatable bonds is 1. The van der Waals surface area contributed by atoms with Crippen LogP contribution in [0.15, 0.2) is 0 Å². The van der Waals surface area contributed by atoms with Crippen LogP contribution in [0, 0.1) is 0 Å². The van der Waals surface area contributed by atoms with Gasteiger partial charge in [-0.3, -0.25) is 0 Å². The average Bonchev–Trinajstić information content (AvgIpc) is 2.03. The third kappa shape index (κ3) is 2.26. The summed E-state index contributed by atoms with van der Waals surface area (Å²) >= 11 is 0. The van der Waals surface area contributed by atoms with Gasteiger partial charge in [0.2, 0.25) is 6.85 Å². The molecule has 0 aromatic carbocycles. The van der Waals surface area contributed by atoms with E-state index in [1.165, 1.54) is 32.0 Å². The van der Waals surface area contributed by atoms with E-state index in [2.05, 4.69) is 32.5 Å². The largest absolute Gasteiger partial charge is 0.337 e. The monoisotopic (exact) mass is 167 g/mol. The highest BCUT2D eigenvalue weighted by Gasteiger charge is 2.31. The SMILES string of the molecule is CCB1CCCCN1C(C)(C)C. The van der Waals surface area contributed by atoms with Gasteiger partial charge in [-0.05, 0) is 33.7 Å². The fourth-order valence-electron chi connectivity index (χ4n) is 2.31. The van der Waals surface area contributed by atoms with E-state index in [4.69, 9.17) is 0 Å². The summed E-state index contributed by atoms with van der Waals surface area (Å²) in [4.78, 5) is 2.68. The predicted octanol–water partition coefficient (Wildman–Crippen LogP) is 2.89. The van der Waals surface area contributed by atoms with Crippen LogP contribution >= 0.6 is 0 Å². The molecule has 1 nitrogen and oxygen atoms in total. The molecule has 0 bridgehead atoms. The second kappa shape index (κ2) is 3.82. The van der Waals surface area contributed by atoms with Crippen LogP contribution in [0.25, 0.3) is 0 Å². The number of hydrogen-bond acceptors (Lipinski definition) is 1. The van der Waals surface area contributed by atoms with E-state index >= 15 is 0 Å². The van der Waals surface area contributed by atoms with Crippen LogP contribution in [0.3, 0.4) is 0 Å². The maximum atomic E-state index is 2.68. The lowest BCUT2D eigenvalue weighted by atomic mass is 9.50. The summed E-state index contributed by atoms with van der Waals surface area (Å²) in [5, 5.41) is 0. The Kier molecular flexibility index (Phi) is 3.22. The quantitative estimate of drug-likeness (QED) is 0.542. The fraction of sp³-hybridized carbons (Fsp3) is 1.00. The Morgan fingerprint density at radius 2 is 1.92 bits per heavy atom. The van der Waals surface area contributed by atoms with Crippen molar-refractivity contribution in [1.29, 1.82) is 0 Å². The summed E-state index contributed by atoms with van der Waals surface area (Å²) in [6.07, 6.45) is 5.56. The summed E-state index contributed by atoms with van der Waals surface area (Å²) in [5.74, 6) is 0. The van der Waals surface area contributed by atoms with Crippen LogP contribution in [0.5, 0.6) is 0 Å². The lowest BCUT2D eigenvalue weighted by molar-refractivity contribution is 0.230. The zero-order valence-corrected chi connectivity index (χ0v) is 9.06. The van der Waals surface area contributed by atoms with Gasteiger partial charge in [0.05, 0.1) is 0 Å². The van der Waals surface area contributed by atoms with Crippen molar-refractivity contribution in [2.24, 2.45) is 0 Å². The van der Waals surface area contributed by atoms with Crippen molar-refractivity contribution in [3.05, 3.63) is 0 Å². The molecule has 0 aromatic rings. The van der Waals surface area contributed by atoms with Crippen molar-refractivity contribution in [2.45, 2.75) is 58.7 Å². The van der Waals surface area contributed by atoms with Gasteiger partial charge in [-0.15, -0.1) is 0 Å². The molecule has 0 spiro atoms. The molecular formula is C10H22BN. The molecule has 0 radical (unpaired) electrons. The fourth-order valence-corrected chi connectivity index (χ4v) is 2.31. The smallest absolute Gasteiger partial charge is 0.223 e. The van der Waals surface area contributed by atoms with Crippen molar-refractivity contribution < 1.29 is 0 Å². The Bertz CT molecular complexity index is 139. The normalized spacial score (nSPS) is 21.5. The minimum absolute atomic E-state index is 0.376. The molecule has 0 aromatic heterocycles. The third-order valence-corrected chi connectivity index (χ3v) is 2.96. The van der Waals surface area contributed by atoms with E-state index in [0.29, 0.717) is 5.54 Å². The molecule has 1 aliphatic rings. The molecular weight excluding hydrogens is 145 g/mol. The molecule has 0 unspecified atom stereocenters. The molecule has 0 N–H and O–H groups in total. The molecule has 0 atom stereocenters. The topological polar surface area (TPSA) is 3.24 Å². The molecule has 1 aliphatic heterocycles. The van der Waals surface area contributed by atoms with Gasteiger partial charge in [-0.2, -0.15) is 0 Å². The summed E-state index contributed by atoms with van der Waals surface area (Å²) in [6, 6.07) is 0. The van der Waals surface area contributed by atoms with Gasteiger partial charge in [0.25, 0.3) is 0 Å². The minimum Gasteiger partial charge on any atom is -0.337 e. The van der Waals surface area contributed by atoms with Crippen molar-refractivity contribution in [2.75, 3.05) is 6.54 Å². The second-order valence-corrected chi connectivity index (χ2v) is 4.92. The Balaban J connectivity index is 2.59. The van der Waals surface area contributed by atoms with E-state index in [-0.39, 0.29) is 0 Å². The first-order valence-electron chi connectivity index (χ1n) is 5.32. The van der Waals surface area contributed by atoms with Crippen LogP contribution in [0.1, 0.15) is 40.5 Å². The zero-order valence-electron chi connectivity index (χ0n) is 9.06. The highest BCUT2D eigenvalue weighted by Crippen LogP contribution is 2.25. The van der Waals surface area contributed by atoms with Gasteiger partial charge in [-0.25, -0.2) is 0 Å². The summed E-state index contributed by atoms with van der Waals surface area (Å²) in [6.45, 7) is 11.5. The molecule has 0 aliphatic carbocycles. The number of nitrogens with zero attached hydrogens (tertiary/aromatic N) is 1. The van der Waals surface area contributed by atoms with E-state index in [9.17, 15) is 0 Å². The molecule has 1 fully saturated rings. The van der Waals surface area contributed by atoms with Crippen LogP contribution in [-0.4, -0.2) is 23.7 Å². The summed E-state index contributed by atoms with van der Waals surface area (Å²) in [7, 11) is 0. The maximum Gasteiger partial charge on any atom is 0.223 e. The van der Waals surface area contributed by atoms with Crippen LogP contribution < -0.4 is 0 Å². The first kappa shape index (κ1) is 10.1. The highest BCUT2D eigenvalue weighted by atomic mass is 15.1. The Labute approximate surface area is 77.6 Å². The lowest BCUT2D eigenvalue weighted by Crippen LogP contribution is -2.52. The van der Waals surface area contributed by atoms with Gasteiger partial charge in [0.1, 0.15) is 0 Å². The van der Waals surface area contributed by atoms with Gasteiger partial charge >= 0.3 is 0 Å². The van der Waals surface area contributed by atoms with E-state index < -0.39 is 0 Å². The highest BCUT2D eigenvalue weighted by molar-refractivity contribution is 6.56. The Hall–Kier alpha value is 0.0249. The summed E-state index contributed by atoms with van der Waals surface area (Å²) < 4.78 is 0. The molecule has 70 valence electrons. The third-order valence-electron chi connectivity index (χ3n) is 2.96. The van der Waals surface area contributed by atoms with Crippen molar-refractivity contribution in [3.8, 4) is 0 Å². The van der Waals surface area contributed by atoms with Gasteiger partial charge < -0.3 is 4.81 Å². The van der Waals surface area contributed by atoms with E-state index in [1.807, 2.05) is 0 Å². The Morgan fingerprint density at radius 3 is 2.33 bits per heavy atom. The van der Waals surface area contributed by atoms with Crippen molar-refractivity contribution in [1.82, 2.24) is 4.81 Å². The van der Waals surface area contributed by atoms with Crippen LogP contribution in [0.4, 0.5) is 0 Å². The maximum absolute atomic E-state index is 2.68. The molecule has 1 saturated heterocycles. The van der Waals surface area contributed by atoms with Crippen LogP contribution in [-0.2, 0) is 0 Å². The van der Waals surface area contributed by atoms with Gasteiger partial charge in [-0.1, -0.05) is 26.0 Å². The first-order valence-corrected chi connectivity index (χ1v) is 5.32. The molecule has 1 rings (SSSR count). The molecule has 12 heavy (non-hydrogen) atoms. The Morgan fingerprint density at radius 1 is 1.25 bits per heavy atom. The second-order valence-electron chi connectivity index (χ2n) is 4.92. The minimum atomic E-state index is 0.376. The predicted molar refractivity (Wildman–Crippen MR) is 56.7 cm³/mol. The van der Waals surface area contributed by atoms with Crippen molar-refractivity contribution >= 4 is 6.85 Å². The van der Waals surface area contributed by atoms with Gasteiger partial charge in [0.15, 0.2) is 0 Å². The van der Waals surface area contributed by atoms with Crippen molar-refractivity contribution in [3.63, 3.8) is 0 Å². The lowest BCUT2D eigenvalue weighted by Gasteiger charge is -2.43. The van der Waals surface area contributed by atoms with Gasteiger partial charge in [0, 0.05) is 5.54 Å². The van der Waals surface area contributed by atoms with E-state index in [1.54, 1.807) is 0 Å².